The van der Waals surface area contributed by atoms with Gasteiger partial charge in [-0.3, -0.25) is 9.59 Å². The van der Waals surface area contributed by atoms with Crippen molar-refractivity contribution >= 4 is 11.7 Å². The lowest BCUT2D eigenvalue weighted by molar-refractivity contribution is -0.135. The van der Waals surface area contributed by atoms with Gasteiger partial charge in [-0.1, -0.05) is 0 Å². The minimum Gasteiger partial charge on any atom is -0.391 e. The van der Waals surface area contributed by atoms with Crippen LogP contribution < -0.4 is 0 Å². The number of likely N-dealkylation sites (tertiary alicyclic amines) is 1. The fraction of sp³-hybridized carbons (Fsp3) is 0.714. The molecule has 4 heteroatoms. The zero-order valence-electron chi connectivity index (χ0n) is 12.1. The lowest BCUT2D eigenvalue weighted by Gasteiger charge is -2.20. The number of hydrogen-bond donors (Lipinski definition) is 1. The van der Waals surface area contributed by atoms with Crippen molar-refractivity contribution in [2.45, 2.75) is 59.1 Å². The van der Waals surface area contributed by atoms with Crippen LogP contribution in [0, 0.1) is 12.8 Å². The largest absolute Gasteiger partial charge is 0.391 e. The Kier molecular flexibility index (Phi) is 9.20. The maximum atomic E-state index is 11.0. The van der Waals surface area contributed by atoms with E-state index in [0.717, 1.165) is 19.4 Å². The number of nitrogens with zero attached hydrogens (tertiary/aromatic N) is 1. The second-order valence-electron chi connectivity index (χ2n) is 5.15. The van der Waals surface area contributed by atoms with Gasteiger partial charge in [-0.25, -0.2) is 0 Å². The Labute approximate surface area is 110 Å². The summed E-state index contributed by atoms with van der Waals surface area (Å²) < 4.78 is 0. The molecule has 0 bridgehead atoms. The smallest absolute Gasteiger partial charge is 0.220 e. The molecule has 0 saturated carbocycles. The van der Waals surface area contributed by atoms with Gasteiger partial charge >= 0.3 is 0 Å². The van der Waals surface area contributed by atoms with Crippen molar-refractivity contribution in [3.63, 3.8) is 0 Å². The van der Waals surface area contributed by atoms with Gasteiger partial charge in [0.25, 0.3) is 0 Å². The molecule has 0 aromatic carbocycles. The standard InChI is InChI=1S/C8H13NO2.C4H10O.C2H2/c1-6(10)8-4-3-5-9(8)7(2)11;1-4(2,3)5;1-2/h8H,3-5H2,1-2H3;5H,1-3H3;1-2H. The molecule has 1 aliphatic rings. The molecule has 1 saturated heterocycles. The van der Waals surface area contributed by atoms with Crippen molar-refractivity contribution in [1.82, 2.24) is 4.90 Å². The third-order valence-electron chi connectivity index (χ3n) is 2.13. The summed E-state index contributed by atoms with van der Waals surface area (Å²) in [6.07, 6.45) is 9.80. The molecule has 0 radical (unpaired) electrons. The molecule has 1 amide bonds. The molecule has 1 atom stereocenters. The summed E-state index contributed by atoms with van der Waals surface area (Å²) in [5.41, 5.74) is -0.500. The second kappa shape index (κ2) is 8.71. The van der Waals surface area contributed by atoms with Crippen LogP contribution in [-0.4, -0.2) is 39.9 Å². The van der Waals surface area contributed by atoms with Crippen LogP contribution in [-0.2, 0) is 9.59 Å². The van der Waals surface area contributed by atoms with Crippen LogP contribution in [0.1, 0.15) is 47.5 Å². The zero-order chi connectivity index (χ0) is 14.9. The van der Waals surface area contributed by atoms with Crippen LogP contribution in [0.4, 0.5) is 0 Å². The number of carbonyl (C=O) groups excluding carboxylic acids is 2. The Balaban J connectivity index is 0. The topological polar surface area (TPSA) is 57.6 Å². The summed E-state index contributed by atoms with van der Waals surface area (Å²) in [6.45, 7) is 9.04. The van der Waals surface area contributed by atoms with Crippen LogP contribution in [0.25, 0.3) is 0 Å². The van der Waals surface area contributed by atoms with Gasteiger partial charge < -0.3 is 10.0 Å². The molecule has 1 heterocycles. The second-order valence-corrected chi connectivity index (χ2v) is 5.15. The van der Waals surface area contributed by atoms with E-state index in [9.17, 15) is 9.59 Å². The summed E-state index contributed by atoms with van der Waals surface area (Å²) in [4.78, 5) is 23.6. The first-order valence-corrected chi connectivity index (χ1v) is 5.96. The van der Waals surface area contributed by atoms with Crippen LogP contribution in [0.15, 0.2) is 0 Å². The normalized spacial score (nSPS) is 18.0. The molecule has 4 nitrogen and oxygen atoms in total. The molecule has 1 aliphatic heterocycles. The van der Waals surface area contributed by atoms with Crippen molar-refractivity contribution < 1.29 is 14.7 Å². The summed E-state index contributed by atoms with van der Waals surface area (Å²) in [7, 11) is 0. The number of amides is 1. The van der Waals surface area contributed by atoms with Gasteiger partial charge in [0, 0.05) is 13.5 Å². The van der Waals surface area contributed by atoms with Crippen molar-refractivity contribution in [1.29, 1.82) is 0 Å². The summed E-state index contributed by atoms with van der Waals surface area (Å²) in [5.74, 6) is 0.125. The minimum absolute atomic E-state index is 0.0164. The quantitative estimate of drug-likeness (QED) is 0.724. The molecule has 1 rings (SSSR count). The van der Waals surface area contributed by atoms with E-state index in [1.165, 1.54) is 6.92 Å². The molecule has 1 unspecified atom stereocenters. The first kappa shape index (κ1) is 19.0. The Morgan fingerprint density at radius 3 is 1.83 bits per heavy atom. The number of aliphatic hydroxyl groups is 1. The van der Waals surface area contributed by atoms with E-state index >= 15 is 0 Å². The van der Waals surface area contributed by atoms with Gasteiger partial charge in [0.2, 0.25) is 5.91 Å². The summed E-state index contributed by atoms with van der Waals surface area (Å²) in [5, 5.41) is 8.52. The minimum atomic E-state index is -0.500. The number of rotatable bonds is 1. The third-order valence-corrected chi connectivity index (χ3v) is 2.13. The van der Waals surface area contributed by atoms with E-state index in [4.69, 9.17) is 5.11 Å². The summed E-state index contributed by atoms with van der Waals surface area (Å²) >= 11 is 0. The van der Waals surface area contributed by atoms with Crippen molar-refractivity contribution in [2.75, 3.05) is 6.54 Å². The number of carbonyl (C=O) groups is 2. The lowest BCUT2D eigenvalue weighted by atomic mass is 10.1. The van der Waals surface area contributed by atoms with Crippen LogP contribution in [0.5, 0.6) is 0 Å². The Hall–Kier alpha value is -1.34. The average molecular weight is 255 g/mol. The fourth-order valence-electron chi connectivity index (χ4n) is 1.57. The maximum absolute atomic E-state index is 11.0. The molecule has 104 valence electrons. The Bertz CT molecular complexity index is 263. The van der Waals surface area contributed by atoms with Crippen LogP contribution in [0.3, 0.4) is 0 Å². The van der Waals surface area contributed by atoms with Gasteiger partial charge in [0.15, 0.2) is 5.78 Å². The van der Waals surface area contributed by atoms with E-state index in [1.807, 2.05) is 0 Å². The van der Waals surface area contributed by atoms with E-state index in [0.29, 0.717) is 0 Å². The molecule has 1 fully saturated rings. The number of Topliss-reactive ketones (excluding diaryl/α,β-unsaturated/α-hetero) is 1. The Morgan fingerprint density at radius 1 is 1.22 bits per heavy atom. The number of ketones is 1. The SMILES string of the molecule is C#C.CC(=O)C1CCCN1C(C)=O.CC(C)(C)O. The van der Waals surface area contributed by atoms with E-state index in [-0.39, 0.29) is 17.7 Å². The lowest BCUT2D eigenvalue weighted by Crippen LogP contribution is -2.37. The fourth-order valence-corrected chi connectivity index (χ4v) is 1.57. The first-order chi connectivity index (χ1) is 8.13. The molecule has 1 N–H and O–H groups in total. The molecular formula is C14H25NO3. The van der Waals surface area contributed by atoms with Crippen LogP contribution >= 0.6 is 0 Å². The molecule has 0 spiro atoms. The molecule has 0 aromatic heterocycles. The summed E-state index contributed by atoms with van der Waals surface area (Å²) in [6, 6.07) is -0.132. The highest BCUT2D eigenvalue weighted by atomic mass is 16.3. The number of terminal acetylenes is 1. The van der Waals surface area contributed by atoms with E-state index < -0.39 is 5.60 Å². The Morgan fingerprint density at radius 2 is 1.61 bits per heavy atom. The highest BCUT2D eigenvalue weighted by Gasteiger charge is 2.29. The average Bonchev–Trinajstić information content (AvgIpc) is 2.66. The van der Waals surface area contributed by atoms with Crippen molar-refractivity contribution in [3.8, 4) is 12.8 Å². The third kappa shape index (κ3) is 9.86. The van der Waals surface area contributed by atoms with Gasteiger partial charge in [-0.15, -0.1) is 12.8 Å². The van der Waals surface area contributed by atoms with E-state index in [2.05, 4.69) is 12.8 Å². The van der Waals surface area contributed by atoms with Gasteiger partial charge in [0.05, 0.1) is 11.6 Å². The highest BCUT2D eigenvalue weighted by Crippen LogP contribution is 2.17. The number of hydrogen-bond acceptors (Lipinski definition) is 3. The molecule has 0 aliphatic carbocycles. The molecule has 18 heavy (non-hydrogen) atoms. The first-order valence-electron chi connectivity index (χ1n) is 5.96. The van der Waals surface area contributed by atoms with Crippen LogP contribution in [0.2, 0.25) is 0 Å². The predicted octanol–water partition coefficient (Wildman–Crippen LogP) is 1.61. The van der Waals surface area contributed by atoms with Gasteiger partial charge in [-0.05, 0) is 40.5 Å². The monoisotopic (exact) mass is 255 g/mol. The molecular weight excluding hydrogens is 230 g/mol. The zero-order valence-corrected chi connectivity index (χ0v) is 12.1. The van der Waals surface area contributed by atoms with E-state index in [1.54, 1.807) is 32.6 Å². The highest BCUT2D eigenvalue weighted by molar-refractivity contribution is 5.87. The van der Waals surface area contributed by atoms with Crippen molar-refractivity contribution in [2.24, 2.45) is 0 Å². The van der Waals surface area contributed by atoms with Crippen molar-refractivity contribution in [3.05, 3.63) is 0 Å². The maximum Gasteiger partial charge on any atom is 0.220 e. The van der Waals surface area contributed by atoms with Gasteiger partial charge in [0.1, 0.15) is 0 Å². The molecule has 0 aromatic rings. The predicted molar refractivity (Wildman–Crippen MR) is 73.0 cm³/mol. The van der Waals surface area contributed by atoms with Gasteiger partial charge in [-0.2, -0.15) is 0 Å².